The Balaban J connectivity index is 0.00000288. The summed E-state index contributed by atoms with van der Waals surface area (Å²) in [5, 5.41) is 3.50. The molecule has 2 aliphatic heterocycles. The van der Waals surface area contributed by atoms with Gasteiger partial charge in [-0.25, -0.2) is 12.7 Å². The van der Waals surface area contributed by atoms with E-state index in [9.17, 15) is 8.42 Å². The highest BCUT2D eigenvalue weighted by atomic mass is 127. The Hall–Kier alpha value is -0.0900. The lowest BCUT2D eigenvalue weighted by atomic mass is 9.87. The Kier molecular flexibility index (Phi) is 8.25. The first-order chi connectivity index (χ1) is 10.8. The lowest BCUT2D eigenvalue weighted by molar-refractivity contribution is 0.272. The average Bonchev–Trinajstić information content (AvgIpc) is 2.91. The first-order valence-corrected chi connectivity index (χ1v) is 10.5. The summed E-state index contributed by atoms with van der Waals surface area (Å²) < 4.78 is 24.7. The predicted molar refractivity (Wildman–Crippen MR) is 111 cm³/mol. The van der Waals surface area contributed by atoms with Gasteiger partial charge in [-0.1, -0.05) is 13.8 Å². The molecular formula is C16H33IN4O2S. The first kappa shape index (κ1) is 22.0. The summed E-state index contributed by atoms with van der Waals surface area (Å²) in [5.41, 5.74) is 0.401. The van der Waals surface area contributed by atoms with Gasteiger partial charge in [0.25, 0.3) is 0 Å². The monoisotopic (exact) mass is 472 g/mol. The largest absolute Gasteiger partial charge is 0.356 e. The maximum atomic E-state index is 11.6. The third-order valence-corrected chi connectivity index (χ3v) is 6.82. The van der Waals surface area contributed by atoms with Crippen LogP contribution in [-0.2, 0) is 10.0 Å². The van der Waals surface area contributed by atoms with Crippen LogP contribution in [0.1, 0.15) is 39.5 Å². The Morgan fingerprint density at radius 1 is 1.29 bits per heavy atom. The van der Waals surface area contributed by atoms with E-state index in [0.29, 0.717) is 24.4 Å². The molecule has 2 aliphatic rings. The SMILES string of the molecule is CCC1(C)CCN(C(=NC)NCC2CCN(S(C)(=O)=O)CC2)C1.I. The van der Waals surface area contributed by atoms with Crippen LogP contribution < -0.4 is 5.32 Å². The van der Waals surface area contributed by atoms with Gasteiger partial charge in [0.15, 0.2) is 5.96 Å². The molecule has 142 valence electrons. The number of likely N-dealkylation sites (tertiary alicyclic amines) is 1. The van der Waals surface area contributed by atoms with Gasteiger partial charge in [0.1, 0.15) is 0 Å². The van der Waals surface area contributed by atoms with Gasteiger partial charge in [-0.2, -0.15) is 0 Å². The van der Waals surface area contributed by atoms with Gasteiger partial charge in [0, 0.05) is 39.8 Å². The summed E-state index contributed by atoms with van der Waals surface area (Å²) in [7, 11) is -1.19. The first-order valence-electron chi connectivity index (χ1n) is 8.68. The van der Waals surface area contributed by atoms with Crippen LogP contribution >= 0.6 is 24.0 Å². The van der Waals surface area contributed by atoms with Crippen molar-refractivity contribution in [1.82, 2.24) is 14.5 Å². The van der Waals surface area contributed by atoms with Crippen LogP contribution in [0.4, 0.5) is 0 Å². The zero-order valence-corrected chi connectivity index (χ0v) is 18.6. The smallest absolute Gasteiger partial charge is 0.211 e. The standard InChI is InChI=1S/C16H32N4O2S.HI/c1-5-16(2)8-11-19(13-16)15(17-3)18-12-14-6-9-20(10-7-14)23(4,21)22;/h14H,5-13H2,1-4H3,(H,17,18);1H. The average molecular weight is 472 g/mol. The van der Waals surface area contributed by atoms with Crippen molar-refractivity contribution >= 4 is 40.0 Å². The molecule has 1 unspecified atom stereocenters. The maximum absolute atomic E-state index is 11.6. The number of rotatable bonds is 4. The summed E-state index contributed by atoms with van der Waals surface area (Å²) in [6.07, 6.45) is 5.56. The molecule has 0 aromatic carbocycles. The second kappa shape index (κ2) is 9.02. The molecule has 0 spiro atoms. The number of sulfonamides is 1. The summed E-state index contributed by atoms with van der Waals surface area (Å²) in [4.78, 5) is 6.79. The highest BCUT2D eigenvalue weighted by Crippen LogP contribution is 2.32. The number of halogens is 1. The third-order valence-electron chi connectivity index (χ3n) is 5.51. The Bertz CT molecular complexity index is 532. The van der Waals surface area contributed by atoms with Crippen molar-refractivity contribution in [3.05, 3.63) is 0 Å². The zero-order chi connectivity index (χ0) is 17.1. The second-order valence-electron chi connectivity index (χ2n) is 7.37. The van der Waals surface area contributed by atoms with Crippen LogP contribution in [0.15, 0.2) is 4.99 Å². The van der Waals surface area contributed by atoms with Crippen molar-refractivity contribution in [2.24, 2.45) is 16.3 Å². The minimum absolute atomic E-state index is 0. The van der Waals surface area contributed by atoms with Gasteiger partial charge < -0.3 is 10.2 Å². The Morgan fingerprint density at radius 3 is 2.38 bits per heavy atom. The van der Waals surface area contributed by atoms with Crippen molar-refractivity contribution in [2.75, 3.05) is 46.0 Å². The van der Waals surface area contributed by atoms with Gasteiger partial charge in [0.05, 0.1) is 6.26 Å². The van der Waals surface area contributed by atoms with Crippen molar-refractivity contribution in [1.29, 1.82) is 0 Å². The van der Waals surface area contributed by atoms with Gasteiger partial charge in [-0.15, -0.1) is 24.0 Å². The fourth-order valence-corrected chi connectivity index (χ4v) is 4.38. The number of piperidine rings is 1. The normalized spacial score (nSPS) is 27.2. The molecule has 0 bridgehead atoms. The van der Waals surface area contributed by atoms with E-state index < -0.39 is 10.0 Å². The molecule has 0 amide bonds. The highest BCUT2D eigenvalue weighted by Gasteiger charge is 2.33. The molecule has 8 heteroatoms. The molecule has 2 heterocycles. The van der Waals surface area contributed by atoms with Crippen LogP contribution in [0.25, 0.3) is 0 Å². The molecular weight excluding hydrogens is 439 g/mol. The van der Waals surface area contributed by atoms with Crippen LogP contribution in [0.3, 0.4) is 0 Å². The number of aliphatic imine (C=N–C) groups is 1. The molecule has 2 fully saturated rings. The molecule has 0 aromatic heterocycles. The number of hydrogen-bond acceptors (Lipinski definition) is 3. The quantitative estimate of drug-likeness (QED) is 0.386. The van der Waals surface area contributed by atoms with Crippen LogP contribution in [0.5, 0.6) is 0 Å². The summed E-state index contributed by atoms with van der Waals surface area (Å²) in [5.74, 6) is 1.51. The minimum Gasteiger partial charge on any atom is -0.356 e. The summed E-state index contributed by atoms with van der Waals surface area (Å²) in [6.45, 7) is 8.90. The van der Waals surface area contributed by atoms with E-state index in [2.05, 4.69) is 29.1 Å². The Labute approximate surface area is 164 Å². The topological polar surface area (TPSA) is 65.0 Å². The van der Waals surface area contributed by atoms with Crippen molar-refractivity contribution < 1.29 is 8.42 Å². The van der Waals surface area contributed by atoms with E-state index in [4.69, 9.17) is 0 Å². The minimum atomic E-state index is -3.03. The van der Waals surface area contributed by atoms with E-state index in [-0.39, 0.29) is 24.0 Å². The third kappa shape index (κ3) is 5.72. The predicted octanol–water partition coefficient (Wildman–Crippen LogP) is 1.97. The highest BCUT2D eigenvalue weighted by molar-refractivity contribution is 14.0. The van der Waals surface area contributed by atoms with Crippen molar-refractivity contribution in [2.45, 2.75) is 39.5 Å². The molecule has 0 aliphatic carbocycles. The van der Waals surface area contributed by atoms with Gasteiger partial charge in [-0.05, 0) is 37.0 Å². The van der Waals surface area contributed by atoms with Crippen molar-refractivity contribution in [3.8, 4) is 0 Å². The summed E-state index contributed by atoms with van der Waals surface area (Å²) in [6, 6.07) is 0. The molecule has 0 aromatic rings. The Morgan fingerprint density at radius 2 is 1.92 bits per heavy atom. The molecule has 2 rings (SSSR count). The van der Waals surface area contributed by atoms with Crippen molar-refractivity contribution in [3.63, 3.8) is 0 Å². The van der Waals surface area contributed by atoms with E-state index >= 15 is 0 Å². The van der Waals surface area contributed by atoms with Gasteiger partial charge >= 0.3 is 0 Å². The molecule has 24 heavy (non-hydrogen) atoms. The molecule has 1 atom stereocenters. The maximum Gasteiger partial charge on any atom is 0.211 e. The summed E-state index contributed by atoms with van der Waals surface area (Å²) >= 11 is 0. The zero-order valence-electron chi connectivity index (χ0n) is 15.4. The number of nitrogens with one attached hydrogen (secondary N) is 1. The van der Waals surface area contributed by atoms with E-state index in [1.165, 1.54) is 19.1 Å². The van der Waals surface area contributed by atoms with Crippen LogP contribution in [-0.4, -0.2) is 69.6 Å². The fraction of sp³-hybridized carbons (Fsp3) is 0.938. The molecule has 0 saturated carbocycles. The molecule has 6 nitrogen and oxygen atoms in total. The van der Waals surface area contributed by atoms with E-state index in [1.54, 1.807) is 4.31 Å². The van der Waals surface area contributed by atoms with Gasteiger partial charge in [-0.3, -0.25) is 4.99 Å². The fourth-order valence-electron chi connectivity index (χ4n) is 3.51. The van der Waals surface area contributed by atoms with Crippen LogP contribution in [0, 0.1) is 11.3 Å². The van der Waals surface area contributed by atoms with E-state index in [0.717, 1.165) is 38.4 Å². The van der Waals surface area contributed by atoms with E-state index in [1.807, 2.05) is 7.05 Å². The van der Waals surface area contributed by atoms with Gasteiger partial charge in [0.2, 0.25) is 10.0 Å². The molecule has 2 saturated heterocycles. The number of nitrogens with zero attached hydrogens (tertiary/aromatic N) is 3. The second-order valence-corrected chi connectivity index (χ2v) is 9.35. The molecule has 1 N–H and O–H groups in total. The number of guanidine groups is 1. The molecule has 0 radical (unpaired) electrons. The lowest BCUT2D eigenvalue weighted by Gasteiger charge is -2.31. The lowest BCUT2D eigenvalue weighted by Crippen LogP contribution is -2.45. The van der Waals surface area contributed by atoms with Crippen LogP contribution in [0.2, 0.25) is 0 Å². The number of hydrogen-bond donors (Lipinski definition) is 1.